The van der Waals surface area contributed by atoms with Crippen LogP contribution in [0.2, 0.25) is 10.0 Å². The Kier molecular flexibility index (Phi) is 5.74. The molecule has 0 spiro atoms. The number of amides is 2. The minimum Gasteiger partial charge on any atom is -0.337 e. The van der Waals surface area contributed by atoms with Crippen molar-refractivity contribution in [2.24, 2.45) is 0 Å². The summed E-state index contributed by atoms with van der Waals surface area (Å²) in [6.45, 7) is 2.64. The van der Waals surface area contributed by atoms with Gasteiger partial charge in [-0.15, -0.1) is 0 Å². The van der Waals surface area contributed by atoms with Crippen LogP contribution in [0.1, 0.15) is 36.8 Å². The minimum atomic E-state index is -0.266. The third kappa shape index (κ3) is 4.38. The number of carbonyl (C=O) groups is 1. The lowest BCUT2D eigenvalue weighted by Gasteiger charge is -2.33. The molecule has 0 bridgehead atoms. The van der Waals surface area contributed by atoms with E-state index in [2.05, 4.69) is 15.5 Å². The lowest BCUT2D eigenvalue weighted by molar-refractivity contribution is 0.142. The molecule has 1 aliphatic heterocycles. The Morgan fingerprint density at radius 1 is 1.14 bits per heavy atom. The van der Waals surface area contributed by atoms with Gasteiger partial charge in [0.15, 0.2) is 0 Å². The van der Waals surface area contributed by atoms with Gasteiger partial charge in [0.1, 0.15) is 6.04 Å². The molecule has 8 heteroatoms. The second-order valence-electron chi connectivity index (χ2n) is 7.09. The molecule has 1 N–H and O–H groups in total. The van der Waals surface area contributed by atoms with Crippen molar-refractivity contribution in [3.8, 4) is 11.4 Å². The van der Waals surface area contributed by atoms with Crippen molar-refractivity contribution >= 4 is 34.9 Å². The number of piperidine rings is 1. The zero-order chi connectivity index (χ0) is 20.4. The Hall–Kier alpha value is -2.57. The summed E-state index contributed by atoms with van der Waals surface area (Å²) >= 11 is 12.0. The molecule has 2 amide bonds. The van der Waals surface area contributed by atoms with Gasteiger partial charge in [-0.1, -0.05) is 58.2 Å². The number of nitrogens with one attached hydrogen (secondary N) is 1. The molecular formula is C21H20Cl2N4O2. The number of carbonyl (C=O) groups excluding carboxylic acids is 1. The van der Waals surface area contributed by atoms with E-state index in [4.69, 9.17) is 27.7 Å². The van der Waals surface area contributed by atoms with Crippen LogP contribution < -0.4 is 5.32 Å². The molecule has 1 aliphatic rings. The number of nitrogens with zero attached hydrogens (tertiary/aromatic N) is 3. The summed E-state index contributed by atoms with van der Waals surface area (Å²) in [5.41, 5.74) is 2.63. The summed E-state index contributed by atoms with van der Waals surface area (Å²) in [6.07, 6.45) is 2.68. The van der Waals surface area contributed by atoms with Crippen LogP contribution in [-0.4, -0.2) is 27.6 Å². The first-order valence-electron chi connectivity index (χ1n) is 9.44. The van der Waals surface area contributed by atoms with E-state index >= 15 is 0 Å². The molecule has 1 saturated heterocycles. The number of aryl methyl sites for hydroxylation is 1. The van der Waals surface area contributed by atoms with Crippen LogP contribution in [0.5, 0.6) is 0 Å². The molecule has 2 heterocycles. The van der Waals surface area contributed by atoms with Gasteiger partial charge in [-0.3, -0.25) is 0 Å². The van der Waals surface area contributed by atoms with E-state index in [9.17, 15) is 4.79 Å². The van der Waals surface area contributed by atoms with Crippen LogP contribution in [0.25, 0.3) is 11.4 Å². The second kappa shape index (κ2) is 8.43. The highest BCUT2D eigenvalue weighted by Crippen LogP contribution is 2.32. The van der Waals surface area contributed by atoms with Gasteiger partial charge >= 0.3 is 6.03 Å². The van der Waals surface area contributed by atoms with Gasteiger partial charge in [-0.05, 0) is 44.4 Å². The number of hydrogen-bond donors (Lipinski definition) is 1. The van der Waals surface area contributed by atoms with E-state index in [1.807, 2.05) is 31.2 Å². The summed E-state index contributed by atoms with van der Waals surface area (Å²) in [7, 11) is 0. The molecule has 4 rings (SSSR count). The Labute approximate surface area is 178 Å². The maximum Gasteiger partial charge on any atom is 0.322 e. The normalized spacial score (nSPS) is 16.7. The number of aromatic nitrogens is 2. The smallest absolute Gasteiger partial charge is 0.322 e. The predicted octanol–water partition coefficient (Wildman–Crippen LogP) is 6.11. The second-order valence-corrected chi connectivity index (χ2v) is 7.90. The third-order valence-corrected chi connectivity index (χ3v) is 5.71. The Morgan fingerprint density at radius 3 is 2.69 bits per heavy atom. The highest BCUT2D eigenvalue weighted by atomic mass is 35.5. The van der Waals surface area contributed by atoms with Crippen LogP contribution in [0, 0.1) is 6.92 Å². The van der Waals surface area contributed by atoms with E-state index in [1.165, 1.54) is 0 Å². The highest BCUT2D eigenvalue weighted by molar-refractivity contribution is 6.42. The first-order valence-corrected chi connectivity index (χ1v) is 10.2. The average molecular weight is 431 g/mol. The van der Waals surface area contributed by atoms with E-state index in [0.717, 1.165) is 30.4 Å². The van der Waals surface area contributed by atoms with Gasteiger partial charge in [0.2, 0.25) is 11.7 Å². The van der Waals surface area contributed by atoms with Crippen LogP contribution >= 0.6 is 23.2 Å². The van der Waals surface area contributed by atoms with Gasteiger partial charge in [0.25, 0.3) is 0 Å². The lowest BCUT2D eigenvalue weighted by atomic mass is 10.0. The molecule has 0 radical (unpaired) electrons. The van der Waals surface area contributed by atoms with Crippen molar-refractivity contribution in [3.05, 3.63) is 64.0 Å². The monoisotopic (exact) mass is 430 g/mol. The number of anilines is 1. The molecule has 0 aliphatic carbocycles. The maximum absolute atomic E-state index is 12.9. The van der Waals surface area contributed by atoms with Gasteiger partial charge in [-0.2, -0.15) is 4.98 Å². The molecule has 1 unspecified atom stereocenters. The molecule has 3 aromatic rings. The zero-order valence-electron chi connectivity index (χ0n) is 15.9. The van der Waals surface area contributed by atoms with Crippen molar-refractivity contribution in [3.63, 3.8) is 0 Å². The van der Waals surface area contributed by atoms with Crippen molar-refractivity contribution in [1.82, 2.24) is 15.0 Å². The van der Waals surface area contributed by atoms with Gasteiger partial charge in [0.05, 0.1) is 10.0 Å². The molecule has 29 heavy (non-hydrogen) atoms. The molecule has 0 saturated carbocycles. The minimum absolute atomic E-state index is 0.233. The third-order valence-electron chi connectivity index (χ3n) is 4.97. The number of benzene rings is 2. The van der Waals surface area contributed by atoms with Crippen LogP contribution in [0.4, 0.5) is 10.5 Å². The predicted molar refractivity (Wildman–Crippen MR) is 113 cm³/mol. The summed E-state index contributed by atoms with van der Waals surface area (Å²) in [5, 5.41) is 7.82. The van der Waals surface area contributed by atoms with Gasteiger partial charge in [0, 0.05) is 17.8 Å². The number of rotatable bonds is 3. The fraction of sp³-hybridized carbons (Fsp3) is 0.286. The Morgan fingerprint density at radius 2 is 1.93 bits per heavy atom. The van der Waals surface area contributed by atoms with E-state index in [0.29, 0.717) is 34.0 Å². The number of urea groups is 1. The molecule has 1 aromatic heterocycles. The fourth-order valence-electron chi connectivity index (χ4n) is 3.39. The number of halogens is 2. The first kappa shape index (κ1) is 19.7. The SMILES string of the molecule is Cc1ccc(-c2noc(C3CCCCN3C(=O)Nc3ccc(Cl)c(Cl)c3)n2)cc1. The summed E-state index contributed by atoms with van der Waals surface area (Å²) in [5.74, 6) is 0.972. The quantitative estimate of drug-likeness (QED) is 0.543. The highest BCUT2D eigenvalue weighted by Gasteiger charge is 2.32. The molecule has 1 fully saturated rings. The fourth-order valence-corrected chi connectivity index (χ4v) is 3.69. The lowest BCUT2D eigenvalue weighted by Crippen LogP contribution is -2.41. The summed E-state index contributed by atoms with van der Waals surface area (Å²) in [6, 6.07) is 12.4. The van der Waals surface area contributed by atoms with Crippen molar-refractivity contribution in [2.75, 3.05) is 11.9 Å². The van der Waals surface area contributed by atoms with Crippen molar-refractivity contribution in [2.45, 2.75) is 32.2 Å². The summed E-state index contributed by atoms with van der Waals surface area (Å²) < 4.78 is 5.53. The number of hydrogen-bond acceptors (Lipinski definition) is 4. The molecule has 6 nitrogen and oxygen atoms in total. The molecular weight excluding hydrogens is 411 g/mol. The molecule has 150 valence electrons. The number of likely N-dealkylation sites (tertiary alicyclic amines) is 1. The maximum atomic E-state index is 12.9. The largest absolute Gasteiger partial charge is 0.337 e. The van der Waals surface area contributed by atoms with Crippen LogP contribution in [-0.2, 0) is 0 Å². The van der Waals surface area contributed by atoms with Crippen LogP contribution in [0.15, 0.2) is 47.0 Å². The molecule has 1 atom stereocenters. The van der Waals surface area contributed by atoms with Crippen molar-refractivity contribution < 1.29 is 9.32 Å². The standard InChI is InChI=1S/C21H20Cl2N4O2/c1-13-5-7-14(8-6-13)19-25-20(29-26-19)18-4-2-3-11-27(18)21(28)24-15-9-10-16(22)17(23)12-15/h5-10,12,18H,2-4,11H2,1H3,(H,24,28). The van der Waals surface area contributed by atoms with Gasteiger partial charge < -0.3 is 14.7 Å². The van der Waals surface area contributed by atoms with Gasteiger partial charge in [-0.25, -0.2) is 4.79 Å². The Balaban J connectivity index is 1.53. The average Bonchev–Trinajstić information content (AvgIpc) is 3.21. The summed E-state index contributed by atoms with van der Waals surface area (Å²) in [4.78, 5) is 19.2. The topological polar surface area (TPSA) is 71.3 Å². The van der Waals surface area contributed by atoms with E-state index in [1.54, 1.807) is 23.1 Å². The molecule has 2 aromatic carbocycles. The Bertz CT molecular complexity index is 1020. The first-order chi connectivity index (χ1) is 14.0. The van der Waals surface area contributed by atoms with E-state index in [-0.39, 0.29) is 12.1 Å². The van der Waals surface area contributed by atoms with Crippen molar-refractivity contribution in [1.29, 1.82) is 0 Å². The zero-order valence-corrected chi connectivity index (χ0v) is 17.4. The van der Waals surface area contributed by atoms with E-state index < -0.39 is 0 Å². The van der Waals surface area contributed by atoms with Crippen LogP contribution in [0.3, 0.4) is 0 Å².